The van der Waals surface area contributed by atoms with Crippen LogP contribution in [0.1, 0.15) is 17.4 Å². The van der Waals surface area contributed by atoms with E-state index in [4.69, 9.17) is 4.42 Å². The second-order valence-electron chi connectivity index (χ2n) is 7.48. The number of benzene rings is 1. The summed E-state index contributed by atoms with van der Waals surface area (Å²) < 4.78 is 7.43. The maximum absolute atomic E-state index is 13.0. The fraction of sp³-hybridized carbons (Fsp3) is 0.273. The maximum Gasteiger partial charge on any atom is 0.295 e. The minimum atomic E-state index is -0.760. The van der Waals surface area contributed by atoms with Gasteiger partial charge in [0.25, 0.3) is 11.7 Å². The van der Waals surface area contributed by atoms with E-state index in [2.05, 4.69) is 0 Å². The van der Waals surface area contributed by atoms with Gasteiger partial charge in [-0.1, -0.05) is 18.2 Å². The van der Waals surface area contributed by atoms with Crippen molar-refractivity contribution in [2.45, 2.75) is 6.04 Å². The molecule has 1 amide bonds. The number of furan rings is 1. The third-order valence-corrected chi connectivity index (χ3v) is 5.29. The molecule has 150 valence electrons. The molecular formula is C22H23N3O4. The summed E-state index contributed by atoms with van der Waals surface area (Å²) in [6.07, 6.45) is 3.27. The van der Waals surface area contributed by atoms with Crippen molar-refractivity contribution >= 4 is 28.4 Å². The molecule has 0 saturated carbocycles. The average Bonchev–Trinajstić information content (AvgIpc) is 3.39. The number of aliphatic hydroxyl groups is 1. The number of ketones is 1. The van der Waals surface area contributed by atoms with Crippen LogP contribution in [0.5, 0.6) is 0 Å². The highest BCUT2D eigenvalue weighted by Gasteiger charge is 2.47. The normalized spacial score (nSPS) is 19.0. The average molecular weight is 393 g/mol. The molecule has 7 nitrogen and oxygen atoms in total. The molecule has 0 bridgehead atoms. The lowest BCUT2D eigenvalue weighted by molar-refractivity contribution is -0.140. The van der Waals surface area contributed by atoms with Crippen molar-refractivity contribution in [3.05, 3.63) is 65.8 Å². The standard InChI is InChI=1S/C22H23N3O4/c1-23(2)10-11-25-19(17-9-6-12-29-17)18(21(27)22(25)28)20(26)15-13-24(3)16-8-5-4-7-14(15)16/h4-9,12-13,19,26H,10-11H2,1-3H3/t19-/m1/s1. The van der Waals surface area contributed by atoms with Crippen LogP contribution in [0, 0.1) is 0 Å². The van der Waals surface area contributed by atoms with E-state index in [0.29, 0.717) is 24.4 Å². The summed E-state index contributed by atoms with van der Waals surface area (Å²) in [7, 11) is 5.67. The number of likely N-dealkylation sites (N-methyl/N-ethyl adjacent to an activating group) is 1. The molecule has 1 fully saturated rings. The van der Waals surface area contributed by atoms with E-state index in [1.54, 1.807) is 18.3 Å². The number of nitrogens with zero attached hydrogens (tertiary/aromatic N) is 3. The van der Waals surface area contributed by atoms with Gasteiger partial charge in [-0.05, 0) is 32.3 Å². The van der Waals surface area contributed by atoms with Crippen LogP contribution in [0.25, 0.3) is 16.7 Å². The van der Waals surface area contributed by atoms with E-state index < -0.39 is 17.7 Å². The van der Waals surface area contributed by atoms with E-state index >= 15 is 0 Å². The fourth-order valence-corrected chi connectivity index (χ4v) is 3.84. The van der Waals surface area contributed by atoms with Gasteiger partial charge in [-0.25, -0.2) is 0 Å². The third-order valence-electron chi connectivity index (χ3n) is 5.29. The molecule has 0 unspecified atom stereocenters. The van der Waals surface area contributed by atoms with Crippen LogP contribution in [0.2, 0.25) is 0 Å². The van der Waals surface area contributed by atoms with Crippen LogP contribution in [0.4, 0.5) is 0 Å². The van der Waals surface area contributed by atoms with Crippen LogP contribution >= 0.6 is 0 Å². The molecule has 4 rings (SSSR count). The topological polar surface area (TPSA) is 78.9 Å². The summed E-state index contributed by atoms with van der Waals surface area (Å²) in [6.45, 7) is 0.924. The van der Waals surface area contributed by atoms with Crippen molar-refractivity contribution in [1.29, 1.82) is 0 Å². The van der Waals surface area contributed by atoms with Crippen LogP contribution in [0.3, 0.4) is 0 Å². The number of aliphatic hydroxyl groups excluding tert-OH is 1. The van der Waals surface area contributed by atoms with E-state index in [1.807, 2.05) is 54.9 Å². The molecule has 1 aromatic carbocycles. The number of aromatic nitrogens is 1. The Bertz CT molecular complexity index is 1110. The molecule has 1 aliphatic heterocycles. The van der Waals surface area contributed by atoms with Gasteiger partial charge in [0.15, 0.2) is 0 Å². The molecule has 2 aromatic heterocycles. The lowest BCUT2D eigenvalue weighted by Gasteiger charge is -2.24. The zero-order valence-electron chi connectivity index (χ0n) is 16.6. The van der Waals surface area contributed by atoms with Crippen molar-refractivity contribution in [3.8, 4) is 0 Å². The molecule has 1 atom stereocenters. The Morgan fingerprint density at radius 2 is 1.93 bits per heavy atom. The second kappa shape index (κ2) is 7.25. The Balaban J connectivity index is 1.89. The van der Waals surface area contributed by atoms with Crippen LogP contribution < -0.4 is 0 Å². The highest BCUT2D eigenvalue weighted by molar-refractivity contribution is 6.46. The summed E-state index contributed by atoms with van der Waals surface area (Å²) in [4.78, 5) is 29.2. The number of hydrogen-bond acceptors (Lipinski definition) is 5. The van der Waals surface area contributed by atoms with Gasteiger partial charge >= 0.3 is 0 Å². The van der Waals surface area contributed by atoms with Crippen LogP contribution in [-0.4, -0.2) is 58.3 Å². The number of carbonyl (C=O) groups excluding carboxylic acids is 2. The van der Waals surface area contributed by atoms with Crippen molar-refractivity contribution in [2.75, 3.05) is 27.2 Å². The first-order valence-electron chi connectivity index (χ1n) is 9.41. The van der Waals surface area contributed by atoms with Gasteiger partial charge in [0.2, 0.25) is 0 Å². The Morgan fingerprint density at radius 3 is 2.62 bits per heavy atom. The number of carbonyl (C=O) groups is 2. The maximum atomic E-state index is 13.0. The second-order valence-corrected chi connectivity index (χ2v) is 7.48. The Labute approximate surface area is 168 Å². The minimum absolute atomic E-state index is 0.0556. The van der Waals surface area contributed by atoms with Crippen molar-refractivity contribution in [3.63, 3.8) is 0 Å². The number of hydrogen-bond donors (Lipinski definition) is 1. The molecule has 29 heavy (non-hydrogen) atoms. The Kier molecular flexibility index (Phi) is 4.76. The first-order chi connectivity index (χ1) is 13.9. The third kappa shape index (κ3) is 3.13. The van der Waals surface area contributed by atoms with Gasteiger partial charge in [-0.2, -0.15) is 0 Å². The number of para-hydroxylation sites is 1. The smallest absolute Gasteiger partial charge is 0.295 e. The minimum Gasteiger partial charge on any atom is -0.507 e. The molecule has 3 aromatic rings. The zero-order valence-corrected chi connectivity index (χ0v) is 16.6. The molecule has 1 saturated heterocycles. The van der Waals surface area contributed by atoms with Gasteiger partial charge in [0, 0.05) is 42.8 Å². The van der Waals surface area contributed by atoms with Crippen molar-refractivity contribution in [2.24, 2.45) is 7.05 Å². The number of amides is 1. The van der Waals surface area contributed by atoms with Crippen LogP contribution in [0.15, 0.2) is 58.8 Å². The number of likely N-dealkylation sites (tertiary alicyclic amines) is 1. The van der Waals surface area contributed by atoms with Gasteiger partial charge < -0.3 is 23.9 Å². The number of Topliss-reactive ketones (excluding diaryl/α,β-unsaturated/α-hetero) is 1. The molecule has 1 aliphatic rings. The molecule has 0 spiro atoms. The Hall–Kier alpha value is -3.32. The Morgan fingerprint density at radius 1 is 1.17 bits per heavy atom. The number of rotatable bonds is 5. The summed E-state index contributed by atoms with van der Waals surface area (Å²) >= 11 is 0. The largest absolute Gasteiger partial charge is 0.507 e. The number of fused-ring (bicyclic) bond motifs is 1. The van der Waals surface area contributed by atoms with Gasteiger partial charge in [-0.15, -0.1) is 0 Å². The van der Waals surface area contributed by atoms with Crippen molar-refractivity contribution < 1.29 is 19.1 Å². The van der Waals surface area contributed by atoms with Gasteiger partial charge in [0.05, 0.1) is 11.8 Å². The highest BCUT2D eigenvalue weighted by atomic mass is 16.3. The first-order valence-corrected chi connectivity index (χ1v) is 9.41. The van der Waals surface area contributed by atoms with Gasteiger partial charge in [-0.3, -0.25) is 9.59 Å². The summed E-state index contributed by atoms with van der Waals surface area (Å²) in [5, 5.41) is 12.0. The highest BCUT2D eigenvalue weighted by Crippen LogP contribution is 2.40. The number of aryl methyl sites for hydroxylation is 1. The monoisotopic (exact) mass is 393 g/mol. The fourth-order valence-electron chi connectivity index (χ4n) is 3.84. The van der Waals surface area contributed by atoms with Crippen molar-refractivity contribution in [1.82, 2.24) is 14.4 Å². The lowest BCUT2D eigenvalue weighted by atomic mass is 9.99. The van der Waals surface area contributed by atoms with E-state index in [-0.39, 0.29) is 11.3 Å². The summed E-state index contributed by atoms with van der Waals surface area (Å²) in [6, 6.07) is 10.3. The molecule has 1 N–H and O–H groups in total. The molecule has 0 radical (unpaired) electrons. The SMILES string of the molecule is CN(C)CCN1C(=O)C(=O)C(=C(O)c2cn(C)c3ccccc23)[C@H]1c1ccco1. The zero-order chi connectivity index (χ0) is 20.7. The predicted octanol–water partition coefficient (Wildman–Crippen LogP) is 2.75. The van der Waals surface area contributed by atoms with E-state index in [1.165, 1.54) is 11.2 Å². The molecular weight excluding hydrogens is 370 g/mol. The summed E-state index contributed by atoms with van der Waals surface area (Å²) in [5.74, 6) is -1.07. The molecule has 0 aliphatic carbocycles. The quantitative estimate of drug-likeness (QED) is 0.410. The van der Waals surface area contributed by atoms with Crippen LogP contribution in [-0.2, 0) is 16.6 Å². The predicted molar refractivity (Wildman–Crippen MR) is 109 cm³/mol. The lowest BCUT2D eigenvalue weighted by Crippen LogP contribution is -2.35. The van der Waals surface area contributed by atoms with Gasteiger partial charge in [0.1, 0.15) is 17.6 Å². The van der Waals surface area contributed by atoms with E-state index in [9.17, 15) is 14.7 Å². The summed E-state index contributed by atoms with van der Waals surface area (Å²) in [5.41, 5.74) is 1.50. The molecule has 3 heterocycles. The molecule has 7 heteroatoms. The first kappa shape index (κ1) is 19.0. The van der Waals surface area contributed by atoms with E-state index in [0.717, 1.165) is 10.9 Å².